The van der Waals surface area contributed by atoms with Gasteiger partial charge in [0.2, 0.25) is 5.91 Å². The highest BCUT2D eigenvalue weighted by atomic mass is 31.2. The number of likely N-dealkylation sites (N-methyl/N-ethyl adjacent to an activating group) is 1. The number of esters is 1. The van der Waals surface area contributed by atoms with Crippen molar-refractivity contribution in [3.8, 4) is 0 Å². The fourth-order valence-electron chi connectivity index (χ4n) is 9.74. The number of phosphoric acid groups is 1. The summed E-state index contributed by atoms with van der Waals surface area (Å²) in [6.45, 7) is 6.82. The molecule has 0 heterocycles. The van der Waals surface area contributed by atoms with Gasteiger partial charge in [0, 0.05) is 12.8 Å². The van der Waals surface area contributed by atoms with E-state index in [4.69, 9.17) is 13.8 Å². The fraction of sp³-hybridized carbons (Fsp3) is 0.826. The van der Waals surface area contributed by atoms with E-state index in [-0.39, 0.29) is 31.3 Å². The van der Waals surface area contributed by atoms with Crippen molar-refractivity contribution < 1.29 is 37.3 Å². The molecule has 0 aromatic rings. The molecule has 0 aliphatic rings. The lowest BCUT2D eigenvalue weighted by Crippen LogP contribution is -2.47. The number of rotatable bonds is 61. The number of phosphoric ester groups is 1. The van der Waals surface area contributed by atoms with Crippen LogP contribution in [-0.2, 0) is 27.9 Å². The molecule has 9 nitrogen and oxygen atoms in total. The van der Waals surface area contributed by atoms with Crippen molar-refractivity contribution in [1.29, 1.82) is 0 Å². The molecule has 0 saturated carbocycles. The van der Waals surface area contributed by atoms with Gasteiger partial charge in [-0.05, 0) is 76.7 Å². The summed E-state index contributed by atoms with van der Waals surface area (Å²) in [5.74, 6) is -0.567. The number of allylic oxidation sites excluding steroid dienone is 9. The molecule has 0 aliphatic heterocycles. The first-order valence-corrected chi connectivity index (χ1v) is 35.1. The fourth-order valence-corrected chi connectivity index (χ4v) is 10.5. The zero-order valence-corrected chi connectivity index (χ0v) is 53.7. The molecule has 0 aliphatic carbocycles. The Morgan fingerprint density at radius 1 is 0.443 bits per heavy atom. The van der Waals surface area contributed by atoms with Crippen LogP contribution in [0, 0.1) is 0 Å². The first-order valence-electron chi connectivity index (χ1n) is 33.6. The molecular weight excluding hydrogens is 1000 g/mol. The van der Waals surface area contributed by atoms with E-state index >= 15 is 0 Å². The molecule has 0 aromatic carbocycles. The number of unbranched alkanes of at least 4 members (excludes halogenated alkanes) is 37. The van der Waals surface area contributed by atoms with Crippen LogP contribution in [0.25, 0.3) is 0 Å². The summed E-state index contributed by atoms with van der Waals surface area (Å²) in [5, 5.41) is 3.02. The Morgan fingerprint density at radius 2 is 0.772 bits per heavy atom. The molecule has 0 saturated heterocycles. The minimum atomic E-state index is -4.71. The van der Waals surface area contributed by atoms with E-state index in [2.05, 4.69) is 74.7 Å². The van der Waals surface area contributed by atoms with Crippen molar-refractivity contribution >= 4 is 19.7 Å². The third-order valence-corrected chi connectivity index (χ3v) is 15.9. The van der Waals surface area contributed by atoms with Gasteiger partial charge in [0.1, 0.15) is 19.3 Å². The average Bonchev–Trinajstić information content (AvgIpc) is 3.41. The summed E-state index contributed by atoms with van der Waals surface area (Å²) >= 11 is 0. The zero-order valence-electron chi connectivity index (χ0n) is 52.8. The molecule has 0 rings (SSSR count). The largest absolute Gasteiger partial charge is 0.756 e. The van der Waals surface area contributed by atoms with Gasteiger partial charge in [0.25, 0.3) is 7.82 Å². The van der Waals surface area contributed by atoms with Gasteiger partial charge in [-0.15, -0.1) is 0 Å². The van der Waals surface area contributed by atoms with E-state index in [1.807, 2.05) is 33.3 Å². The monoisotopic (exact) mass is 1130 g/mol. The number of quaternary nitrogens is 1. The quantitative estimate of drug-likeness (QED) is 0.0212. The van der Waals surface area contributed by atoms with E-state index in [0.717, 1.165) is 77.0 Å². The summed E-state index contributed by atoms with van der Waals surface area (Å²) in [5.41, 5.74) is 0. The molecule has 10 heteroatoms. The van der Waals surface area contributed by atoms with Crippen molar-refractivity contribution in [2.45, 2.75) is 328 Å². The van der Waals surface area contributed by atoms with Crippen molar-refractivity contribution in [3.05, 3.63) is 60.8 Å². The lowest BCUT2D eigenvalue weighted by atomic mass is 10.0. The molecule has 1 N–H and O–H groups in total. The van der Waals surface area contributed by atoms with Gasteiger partial charge < -0.3 is 28.5 Å². The van der Waals surface area contributed by atoms with Crippen LogP contribution in [0.4, 0.5) is 0 Å². The number of nitrogens with one attached hydrogen (secondary N) is 1. The molecule has 0 aromatic heterocycles. The highest BCUT2D eigenvalue weighted by molar-refractivity contribution is 7.45. The summed E-state index contributed by atoms with van der Waals surface area (Å²) < 4.78 is 30.3. The SMILES string of the molecule is CCCCC/C=C\C/C=C\C/C=C\C/C=C\CCCCCC(=O)NC(COP(=O)([O-])OCC[N+](C)(C)C)C(/C=C/CCCCCCCCCCC)OC(=O)CCCCCCCCCCCCCCCCCCCCCCCCC. The lowest BCUT2D eigenvalue weighted by molar-refractivity contribution is -0.870. The molecule has 3 atom stereocenters. The Bertz CT molecular complexity index is 1540. The maximum absolute atomic E-state index is 13.5. The Hall–Kier alpha value is -2.29. The first-order chi connectivity index (χ1) is 38.4. The molecular formula is C69H129N2O7P. The second kappa shape index (κ2) is 58.9. The third kappa shape index (κ3) is 60.1. The summed E-state index contributed by atoms with van der Waals surface area (Å²) in [4.78, 5) is 40.0. The number of carbonyl (C=O) groups excluding carboxylic acids is 2. The normalized spacial score (nSPS) is 14.0. The van der Waals surface area contributed by atoms with E-state index in [1.165, 1.54) is 199 Å². The van der Waals surface area contributed by atoms with Gasteiger partial charge in [-0.2, -0.15) is 0 Å². The van der Waals surface area contributed by atoms with Crippen LogP contribution in [0.2, 0.25) is 0 Å². The van der Waals surface area contributed by atoms with Crippen molar-refractivity contribution in [2.75, 3.05) is 40.9 Å². The van der Waals surface area contributed by atoms with Crippen molar-refractivity contribution in [3.63, 3.8) is 0 Å². The number of ether oxygens (including phenoxy) is 1. The number of amides is 1. The predicted molar refractivity (Wildman–Crippen MR) is 339 cm³/mol. The number of hydrogen-bond donors (Lipinski definition) is 1. The topological polar surface area (TPSA) is 114 Å². The van der Waals surface area contributed by atoms with E-state index in [1.54, 1.807) is 0 Å². The zero-order chi connectivity index (χ0) is 57.9. The van der Waals surface area contributed by atoms with Crippen LogP contribution in [0.1, 0.15) is 316 Å². The standard InChI is InChI=1S/C69H129N2O7P/c1-7-10-13-16-19-22-25-27-29-31-33-34-35-36-38-40-42-44-47-50-53-56-59-62-69(73)78-67(60-57-54-51-48-45-24-21-18-15-12-9-3)66(65-77-79(74,75)76-64-63-71(4,5)6)70-68(72)61-58-55-52-49-46-43-41-39-37-32-30-28-26-23-20-17-14-11-8-2/h20,23,28,30,37,39,43,46,57,60,66-67H,7-19,21-22,24-27,29,31-36,38,40-42,44-45,47-56,58-59,61-65H2,1-6H3,(H-,70,72,74,75)/b23-20-,30-28-,39-37-,46-43-,60-57+. The number of nitrogens with zero attached hydrogens (tertiary/aromatic N) is 1. The molecule has 462 valence electrons. The Kier molecular flexibility index (Phi) is 57.2. The molecule has 0 spiro atoms. The number of hydrogen-bond acceptors (Lipinski definition) is 7. The maximum atomic E-state index is 13.5. The Morgan fingerprint density at radius 3 is 1.19 bits per heavy atom. The predicted octanol–water partition coefficient (Wildman–Crippen LogP) is 20.4. The minimum Gasteiger partial charge on any atom is -0.756 e. The molecule has 3 unspecified atom stereocenters. The summed E-state index contributed by atoms with van der Waals surface area (Å²) in [7, 11) is 1.17. The molecule has 0 radical (unpaired) electrons. The smallest absolute Gasteiger partial charge is 0.306 e. The van der Waals surface area contributed by atoms with Gasteiger partial charge in [-0.25, -0.2) is 0 Å². The van der Waals surface area contributed by atoms with Gasteiger partial charge >= 0.3 is 5.97 Å². The van der Waals surface area contributed by atoms with Crippen LogP contribution in [0.5, 0.6) is 0 Å². The summed E-state index contributed by atoms with van der Waals surface area (Å²) in [6, 6.07) is -0.905. The van der Waals surface area contributed by atoms with Crippen LogP contribution >= 0.6 is 7.82 Å². The molecule has 79 heavy (non-hydrogen) atoms. The number of carbonyl (C=O) groups is 2. The van der Waals surface area contributed by atoms with Gasteiger partial charge in [-0.1, -0.05) is 287 Å². The van der Waals surface area contributed by atoms with E-state index in [0.29, 0.717) is 17.4 Å². The Balaban J connectivity index is 5.13. The molecule has 0 bridgehead atoms. The van der Waals surface area contributed by atoms with E-state index in [9.17, 15) is 19.0 Å². The second-order valence-electron chi connectivity index (χ2n) is 24.0. The molecule has 1 amide bonds. The van der Waals surface area contributed by atoms with Gasteiger partial charge in [0.15, 0.2) is 0 Å². The highest BCUT2D eigenvalue weighted by Crippen LogP contribution is 2.38. The average molecular weight is 1130 g/mol. The molecule has 0 fully saturated rings. The maximum Gasteiger partial charge on any atom is 0.306 e. The van der Waals surface area contributed by atoms with Crippen LogP contribution in [-0.4, -0.2) is 69.4 Å². The van der Waals surface area contributed by atoms with Crippen molar-refractivity contribution in [2.24, 2.45) is 0 Å². The van der Waals surface area contributed by atoms with Crippen LogP contribution in [0.15, 0.2) is 60.8 Å². The van der Waals surface area contributed by atoms with Crippen molar-refractivity contribution in [1.82, 2.24) is 5.32 Å². The van der Waals surface area contributed by atoms with E-state index < -0.39 is 26.6 Å². The Labute approximate surface area is 490 Å². The van der Waals surface area contributed by atoms with Crippen LogP contribution in [0.3, 0.4) is 0 Å². The van der Waals surface area contributed by atoms with Crippen LogP contribution < -0.4 is 10.2 Å². The van der Waals surface area contributed by atoms with Gasteiger partial charge in [0.05, 0.1) is 33.8 Å². The minimum absolute atomic E-state index is 0.0288. The summed E-state index contributed by atoms with van der Waals surface area (Å²) in [6.07, 6.45) is 74.9. The first kappa shape index (κ1) is 76.7. The lowest BCUT2D eigenvalue weighted by Gasteiger charge is -2.30. The second-order valence-corrected chi connectivity index (χ2v) is 25.4. The third-order valence-electron chi connectivity index (χ3n) is 15.0. The highest BCUT2D eigenvalue weighted by Gasteiger charge is 2.27. The van der Waals surface area contributed by atoms with Gasteiger partial charge in [-0.3, -0.25) is 14.2 Å².